The zero-order chi connectivity index (χ0) is 20.3. The van der Waals surface area contributed by atoms with Gasteiger partial charge in [-0.2, -0.15) is 0 Å². The minimum atomic E-state index is 0. The van der Waals surface area contributed by atoms with E-state index < -0.39 is 0 Å². The van der Waals surface area contributed by atoms with Crippen LogP contribution in [-0.2, 0) is 17.6 Å². The number of carbonyl (C=O) groups excluding carboxylic acids is 1. The molecule has 6 heteroatoms. The van der Waals surface area contributed by atoms with Crippen LogP contribution < -0.4 is 10.6 Å². The van der Waals surface area contributed by atoms with Crippen LogP contribution in [0, 0.1) is 5.92 Å². The van der Waals surface area contributed by atoms with Gasteiger partial charge in [-0.15, -0.1) is 24.0 Å². The molecule has 2 N–H and O–H groups in total. The molecule has 2 aromatic carbocycles. The van der Waals surface area contributed by atoms with Crippen molar-refractivity contribution in [3.63, 3.8) is 0 Å². The molecule has 0 aromatic heterocycles. The quantitative estimate of drug-likeness (QED) is 0.303. The number of nitrogens with zero attached hydrogens (tertiary/aromatic N) is 2. The van der Waals surface area contributed by atoms with E-state index in [0.717, 1.165) is 45.0 Å². The molecule has 1 aliphatic rings. The maximum absolute atomic E-state index is 12.4. The Bertz CT molecular complexity index is 782. The van der Waals surface area contributed by atoms with E-state index in [9.17, 15) is 4.79 Å². The Labute approximate surface area is 197 Å². The smallest absolute Gasteiger partial charge is 0.223 e. The van der Waals surface area contributed by atoms with E-state index in [1.807, 2.05) is 29.2 Å². The Morgan fingerprint density at radius 1 is 1.00 bits per heavy atom. The number of aliphatic imine (C=N–C) groups is 1. The van der Waals surface area contributed by atoms with Gasteiger partial charge in [0.05, 0.1) is 0 Å². The van der Waals surface area contributed by atoms with Crippen molar-refractivity contribution in [2.45, 2.75) is 26.2 Å². The molecule has 5 nitrogen and oxygen atoms in total. The fourth-order valence-corrected chi connectivity index (χ4v) is 3.63. The van der Waals surface area contributed by atoms with Crippen LogP contribution in [0.3, 0.4) is 0 Å². The molecule has 1 aliphatic heterocycles. The van der Waals surface area contributed by atoms with Crippen molar-refractivity contribution in [2.75, 3.05) is 32.7 Å². The van der Waals surface area contributed by atoms with Crippen molar-refractivity contribution in [1.82, 2.24) is 15.5 Å². The molecule has 0 spiro atoms. The Hall–Kier alpha value is -2.09. The summed E-state index contributed by atoms with van der Waals surface area (Å²) in [6.07, 6.45) is 2.47. The van der Waals surface area contributed by atoms with Crippen molar-refractivity contribution in [3.05, 3.63) is 71.8 Å². The molecule has 1 saturated heterocycles. The SMILES string of the molecule is CCNC(=NCC1CC(=O)N(CCc2ccccc2)C1)NCCc1ccccc1.I. The molecule has 0 bridgehead atoms. The maximum atomic E-state index is 12.4. The normalized spacial score (nSPS) is 16.3. The zero-order valence-corrected chi connectivity index (χ0v) is 20.0. The molecular formula is C24H33IN4O. The lowest BCUT2D eigenvalue weighted by molar-refractivity contribution is -0.127. The first-order valence-electron chi connectivity index (χ1n) is 10.6. The van der Waals surface area contributed by atoms with Gasteiger partial charge in [0.1, 0.15) is 0 Å². The van der Waals surface area contributed by atoms with E-state index in [2.05, 4.69) is 54.0 Å². The summed E-state index contributed by atoms with van der Waals surface area (Å²) in [4.78, 5) is 19.1. The Balaban J connectivity index is 0.00000320. The summed E-state index contributed by atoms with van der Waals surface area (Å²) in [5.74, 6) is 1.38. The Morgan fingerprint density at radius 2 is 1.63 bits per heavy atom. The van der Waals surface area contributed by atoms with Gasteiger partial charge in [0.15, 0.2) is 5.96 Å². The van der Waals surface area contributed by atoms with Crippen LogP contribution in [0.1, 0.15) is 24.5 Å². The van der Waals surface area contributed by atoms with E-state index in [-0.39, 0.29) is 29.9 Å². The van der Waals surface area contributed by atoms with Crippen LogP contribution in [0.2, 0.25) is 0 Å². The van der Waals surface area contributed by atoms with Gasteiger partial charge in [-0.05, 0) is 30.9 Å². The first kappa shape index (κ1) is 24.2. The van der Waals surface area contributed by atoms with Gasteiger partial charge in [-0.25, -0.2) is 0 Å². The summed E-state index contributed by atoms with van der Waals surface area (Å²) in [6.45, 7) is 6.00. The summed E-state index contributed by atoms with van der Waals surface area (Å²) < 4.78 is 0. The summed E-state index contributed by atoms with van der Waals surface area (Å²) in [7, 11) is 0. The van der Waals surface area contributed by atoms with Crippen molar-refractivity contribution in [1.29, 1.82) is 0 Å². The minimum Gasteiger partial charge on any atom is -0.357 e. The standard InChI is InChI=1S/C24H32N4O.HI/c1-2-25-24(26-15-13-20-9-5-3-6-10-20)27-18-22-17-23(29)28(19-22)16-14-21-11-7-4-8-12-21;/h3-12,22H,2,13-19H2,1H3,(H2,25,26,27);1H. The van der Waals surface area contributed by atoms with Crippen molar-refractivity contribution in [3.8, 4) is 0 Å². The summed E-state index contributed by atoms with van der Waals surface area (Å²) in [5, 5.41) is 6.70. The van der Waals surface area contributed by atoms with Crippen LogP contribution >= 0.6 is 24.0 Å². The number of rotatable bonds is 9. The van der Waals surface area contributed by atoms with Gasteiger partial charge in [-0.1, -0.05) is 60.7 Å². The fraction of sp³-hybridized carbons (Fsp3) is 0.417. The summed E-state index contributed by atoms with van der Waals surface area (Å²) in [5.41, 5.74) is 2.59. The Kier molecular flexibility index (Phi) is 10.7. The van der Waals surface area contributed by atoms with Crippen LogP contribution in [0.4, 0.5) is 0 Å². The summed E-state index contributed by atoms with van der Waals surface area (Å²) >= 11 is 0. The number of carbonyl (C=O) groups is 1. The van der Waals surface area contributed by atoms with Crippen LogP contribution in [0.25, 0.3) is 0 Å². The van der Waals surface area contributed by atoms with Crippen molar-refractivity contribution >= 4 is 35.8 Å². The molecule has 1 amide bonds. The molecule has 0 radical (unpaired) electrons. The second-order valence-corrected chi connectivity index (χ2v) is 7.53. The highest BCUT2D eigenvalue weighted by atomic mass is 127. The molecule has 0 aliphatic carbocycles. The van der Waals surface area contributed by atoms with Gasteiger partial charge in [0, 0.05) is 45.1 Å². The van der Waals surface area contributed by atoms with E-state index in [1.165, 1.54) is 11.1 Å². The third kappa shape index (κ3) is 7.97. The third-order valence-electron chi connectivity index (χ3n) is 5.21. The lowest BCUT2D eigenvalue weighted by Crippen LogP contribution is -2.38. The average Bonchev–Trinajstić information content (AvgIpc) is 3.11. The lowest BCUT2D eigenvalue weighted by atomic mass is 10.1. The molecular weight excluding hydrogens is 487 g/mol. The van der Waals surface area contributed by atoms with Gasteiger partial charge in [-0.3, -0.25) is 9.79 Å². The second-order valence-electron chi connectivity index (χ2n) is 7.53. The number of benzene rings is 2. The molecule has 3 rings (SSSR count). The highest BCUT2D eigenvalue weighted by Crippen LogP contribution is 2.18. The second kappa shape index (κ2) is 13.3. The minimum absolute atomic E-state index is 0. The first-order chi connectivity index (χ1) is 14.2. The lowest BCUT2D eigenvalue weighted by Gasteiger charge is -2.16. The van der Waals surface area contributed by atoms with E-state index in [1.54, 1.807) is 0 Å². The van der Waals surface area contributed by atoms with Crippen LogP contribution in [-0.4, -0.2) is 49.5 Å². The Morgan fingerprint density at radius 3 is 2.27 bits per heavy atom. The molecule has 162 valence electrons. The number of halogens is 1. The van der Waals surface area contributed by atoms with Gasteiger partial charge in [0.25, 0.3) is 0 Å². The molecule has 1 atom stereocenters. The third-order valence-corrected chi connectivity index (χ3v) is 5.21. The highest BCUT2D eigenvalue weighted by molar-refractivity contribution is 14.0. The predicted molar refractivity (Wildman–Crippen MR) is 134 cm³/mol. The largest absolute Gasteiger partial charge is 0.357 e. The van der Waals surface area contributed by atoms with E-state index in [4.69, 9.17) is 4.99 Å². The monoisotopic (exact) mass is 520 g/mol. The number of hydrogen-bond donors (Lipinski definition) is 2. The van der Waals surface area contributed by atoms with Gasteiger partial charge >= 0.3 is 0 Å². The molecule has 1 heterocycles. The van der Waals surface area contributed by atoms with Crippen molar-refractivity contribution < 1.29 is 4.79 Å². The van der Waals surface area contributed by atoms with Crippen LogP contribution in [0.15, 0.2) is 65.7 Å². The molecule has 1 fully saturated rings. The highest BCUT2D eigenvalue weighted by Gasteiger charge is 2.28. The van der Waals surface area contributed by atoms with Gasteiger partial charge in [0.2, 0.25) is 5.91 Å². The number of nitrogens with one attached hydrogen (secondary N) is 2. The number of likely N-dealkylation sites (tertiary alicyclic amines) is 1. The molecule has 30 heavy (non-hydrogen) atoms. The number of amides is 1. The van der Waals surface area contributed by atoms with E-state index in [0.29, 0.717) is 18.9 Å². The number of guanidine groups is 1. The maximum Gasteiger partial charge on any atom is 0.223 e. The topological polar surface area (TPSA) is 56.7 Å². The zero-order valence-electron chi connectivity index (χ0n) is 17.7. The average molecular weight is 520 g/mol. The molecule has 0 saturated carbocycles. The van der Waals surface area contributed by atoms with E-state index >= 15 is 0 Å². The molecule has 1 unspecified atom stereocenters. The predicted octanol–water partition coefficient (Wildman–Crippen LogP) is 3.49. The van der Waals surface area contributed by atoms with Crippen molar-refractivity contribution in [2.24, 2.45) is 10.9 Å². The fourth-order valence-electron chi connectivity index (χ4n) is 3.63. The first-order valence-corrected chi connectivity index (χ1v) is 10.6. The summed E-state index contributed by atoms with van der Waals surface area (Å²) in [6, 6.07) is 20.8. The molecule has 2 aromatic rings. The number of hydrogen-bond acceptors (Lipinski definition) is 2. The van der Waals surface area contributed by atoms with Gasteiger partial charge < -0.3 is 15.5 Å². The van der Waals surface area contributed by atoms with Crippen LogP contribution in [0.5, 0.6) is 0 Å².